The van der Waals surface area contributed by atoms with Crippen LogP contribution in [0.25, 0.3) is 0 Å². The van der Waals surface area contributed by atoms with E-state index in [2.05, 4.69) is 0 Å². The minimum absolute atomic E-state index is 0.0342. The van der Waals surface area contributed by atoms with Crippen molar-refractivity contribution in [3.05, 3.63) is 0 Å². The fraction of sp³-hybridized carbons (Fsp3) is 0.727. The van der Waals surface area contributed by atoms with E-state index in [1.807, 2.05) is 13.8 Å². The van der Waals surface area contributed by atoms with Crippen LogP contribution in [0, 0.1) is 5.92 Å². The number of imide groups is 1. The summed E-state index contributed by atoms with van der Waals surface area (Å²) in [6, 6.07) is -0.118. The first-order chi connectivity index (χ1) is 8.00. The summed E-state index contributed by atoms with van der Waals surface area (Å²) < 4.78 is 0. The molecule has 0 aromatic carbocycles. The maximum atomic E-state index is 11.8. The summed E-state index contributed by atoms with van der Waals surface area (Å²) in [6.45, 7) is 4.85. The normalized spacial score (nSPS) is 25.2. The van der Waals surface area contributed by atoms with Gasteiger partial charge >= 0.3 is 0 Å². The maximum Gasteiger partial charge on any atom is 0.289 e. The molecule has 0 aromatic rings. The van der Waals surface area contributed by atoms with E-state index in [1.54, 1.807) is 4.90 Å². The number of hydrogen-bond donors (Lipinski definition) is 0. The highest BCUT2D eigenvalue weighted by Crippen LogP contribution is 2.26. The Labute approximate surface area is 105 Å². The van der Waals surface area contributed by atoms with Gasteiger partial charge in [-0.25, -0.2) is 0 Å². The highest BCUT2D eigenvalue weighted by Gasteiger charge is 2.40. The van der Waals surface area contributed by atoms with Gasteiger partial charge in [-0.1, -0.05) is 25.6 Å². The van der Waals surface area contributed by atoms with Gasteiger partial charge in [-0.05, 0) is 6.42 Å². The van der Waals surface area contributed by atoms with Crippen LogP contribution in [0.5, 0.6) is 0 Å². The fourth-order valence-corrected chi connectivity index (χ4v) is 3.01. The van der Waals surface area contributed by atoms with E-state index < -0.39 is 0 Å². The van der Waals surface area contributed by atoms with E-state index in [0.717, 1.165) is 11.8 Å². The van der Waals surface area contributed by atoms with Crippen LogP contribution < -0.4 is 0 Å². The van der Waals surface area contributed by atoms with E-state index >= 15 is 0 Å². The summed E-state index contributed by atoms with van der Waals surface area (Å²) in [5, 5.41) is -0.168. The quantitative estimate of drug-likeness (QED) is 0.738. The second-order valence-corrected chi connectivity index (χ2v) is 5.63. The van der Waals surface area contributed by atoms with Crippen LogP contribution in [0.4, 0.5) is 4.79 Å². The number of carbonyl (C=O) groups excluding carboxylic acids is 3. The lowest BCUT2D eigenvalue weighted by molar-refractivity contribution is -0.134. The number of hydrogen-bond acceptors (Lipinski definition) is 4. The van der Waals surface area contributed by atoms with E-state index in [0.29, 0.717) is 19.5 Å². The molecule has 0 aromatic heterocycles. The largest absolute Gasteiger partial charge is 0.340 e. The zero-order chi connectivity index (χ0) is 12.6. The van der Waals surface area contributed by atoms with Gasteiger partial charge in [0.15, 0.2) is 0 Å². The van der Waals surface area contributed by atoms with E-state index in [4.69, 9.17) is 0 Å². The lowest BCUT2D eigenvalue weighted by Crippen LogP contribution is -2.42. The van der Waals surface area contributed by atoms with Crippen molar-refractivity contribution in [3.8, 4) is 0 Å². The molecule has 2 fully saturated rings. The van der Waals surface area contributed by atoms with Gasteiger partial charge in [0.25, 0.3) is 5.24 Å². The number of thioether (sulfide) groups is 1. The standard InChI is InChI=1S/C11H16N2O3S/c1-7(2)10(15)12-4-3-8(5-12)13-9(14)6-17-11(13)16/h7-8H,3-6H2,1-2H3. The summed E-state index contributed by atoms with van der Waals surface area (Å²) in [7, 11) is 0. The first kappa shape index (κ1) is 12.4. The third-order valence-electron chi connectivity index (χ3n) is 3.12. The molecule has 1 unspecified atom stereocenters. The third kappa shape index (κ3) is 2.31. The minimum atomic E-state index is -0.168. The SMILES string of the molecule is CC(C)C(=O)N1CCC(N2C(=O)CSC2=O)C1. The van der Waals surface area contributed by atoms with Crippen LogP contribution in [0.3, 0.4) is 0 Å². The summed E-state index contributed by atoms with van der Waals surface area (Å²) in [5.74, 6) is 0.184. The molecule has 2 heterocycles. The summed E-state index contributed by atoms with van der Waals surface area (Å²) >= 11 is 1.05. The van der Waals surface area contributed by atoms with Crippen molar-refractivity contribution in [1.82, 2.24) is 9.80 Å². The molecule has 0 N–H and O–H groups in total. The Balaban J connectivity index is 2.00. The van der Waals surface area contributed by atoms with Crippen molar-refractivity contribution in [2.75, 3.05) is 18.8 Å². The number of carbonyl (C=O) groups is 3. The van der Waals surface area contributed by atoms with Gasteiger partial charge in [0.1, 0.15) is 0 Å². The zero-order valence-electron chi connectivity index (χ0n) is 10.0. The Morgan fingerprint density at radius 2 is 2.12 bits per heavy atom. The van der Waals surface area contributed by atoms with Crippen molar-refractivity contribution < 1.29 is 14.4 Å². The van der Waals surface area contributed by atoms with Gasteiger partial charge in [0, 0.05) is 19.0 Å². The number of rotatable bonds is 2. The molecule has 5 nitrogen and oxygen atoms in total. The third-order valence-corrected chi connectivity index (χ3v) is 3.95. The molecule has 94 valence electrons. The van der Waals surface area contributed by atoms with Crippen molar-refractivity contribution in [2.24, 2.45) is 5.92 Å². The Morgan fingerprint density at radius 1 is 1.41 bits per heavy atom. The van der Waals surface area contributed by atoms with Gasteiger partial charge in [-0.3, -0.25) is 19.3 Å². The van der Waals surface area contributed by atoms with Crippen LogP contribution in [0.2, 0.25) is 0 Å². The smallest absolute Gasteiger partial charge is 0.289 e. The molecule has 1 atom stereocenters. The molecule has 3 amide bonds. The lowest BCUT2D eigenvalue weighted by Gasteiger charge is -2.22. The average molecular weight is 256 g/mol. The van der Waals surface area contributed by atoms with Gasteiger partial charge in [0.05, 0.1) is 11.8 Å². The number of likely N-dealkylation sites (tertiary alicyclic amines) is 1. The highest BCUT2D eigenvalue weighted by molar-refractivity contribution is 8.14. The first-order valence-electron chi connectivity index (χ1n) is 5.78. The van der Waals surface area contributed by atoms with Gasteiger partial charge in [0.2, 0.25) is 11.8 Å². The zero-order valence-corrected chi connectivity index (χ0v) is 10.8. The van der Waals surface area contributed by atoms with Gasteiger partial charge < -0.3 is 4.90 Å². The molecule has 0 aliphatic carbocycles. The molecule has 6 heteroatoms. The number of nitrogens with zero attached hydrogens (tertiary/aromatic N) is 2. The summed E-state index contributed by atoms with van der Waals surface area (Å²) in [5.41, 5.74) is 0. The van der Waals surface area contributed by atoms with E-state index in [9.17, 15) is 14.4 Å². The predicted octanol–water partition coefficient (Wildman–Crippen LogP) is 0.939. The predicted molar refractivity (Wildman–Crippen MR) is 64.5 cm³/mol. The molecule has 2 aliphatic rings. The molecule has 0 radical (unpaired) electrons. The fourth-order valence-electron chi connectivity index (χ4n) is 2.23. The van der Waals surface area contributed by atoms with Crippen LogP contribution in [-0.4, -0.2) is 51.7 Å². The van der Waals surface area contributed by atoms with Gasteiger partial charge in [-0.15, -0.1) is 0 Å². The monoisotopic (exact) mass is 256 g/mol. The van der Waals surface area contributed by atoms with Crippen LogP contribution >= 0.6 is 11.8 Å². The lowest BCUT2D eigenvalue weighted by atomic mass is 10.2. The average Bonchev–Trinajstić information content (AvgIpc) is 2.85. The molecule has 0 spiro atoms. The van der Waals surface area contributed by atoms with Crippen LogP contribution in [0.1, 0.15) is 20.3 Å². The molecule has 2 rings (SSSR count). The van der Waals surface area contributed by atoms with Gasteiger partial charge in [-0.2, -0.15) is 0 Å². The Kier molecular flexibility index (Phi) is 3.42. The van der Waals surface area contributed by atoms with Crippen LogP contribution in [-0.2, 0) is 9.59 Å². The second-order valence-electron chi connectivity index (χ2n) is 4.70. The highest BCUT2D eigenvalue weighted by atomic mass is 32.2. The van der Waals surface area contributed by atoms with Crippen molar-refractivity contribution >= 4 is 28.8 Å². The van der Waals surface area contributed by atoms with E-state index in [1.165, 1.54) is 4.90 Å². The molecule has 2 aliphatic heterocycles. The Hall–Kier alpha value is -1.04. The molecular formula is C11H16N2O3S. The molecular weight excluding hydrogens is 240 g/mol. The first-order valence-corrected chi connectivity index (χ1v) is 6.77. The van der Waals surface area contributed by atoms with Crippen molar-refractivity contribution in [1.29, 1.82) is 0 Å². The topological polar surface area (TPSA) is 57.7 Å². The molecule has 0 saturated carbocycles. The van der Waals surface area contributed by atoms with E-state index in [-0.39, 0.29) is 34.8 Å². The summed E-state index contributed by atoms with van der Waals surface area (Å²) in [4.78, 5) is 38.0. The van der Waals surface area contributed by atoms with Crippen molar-refractivity contribution in [3.63, 3.8) is 0 Å². The molecule has 17 heavy (non-hydrogen) atoms. The second kappa shape index (κ2) is 4.68. The Bertz CT molecular complexity index is 354. The van der Waals surface area contributed by atoms with Crippen molar-refractivity contribution in [2.45, 2.75) is 26.3 Å². The van der Waals surface area contributed by atoms with Crippen LogP contribution in [0.15, 0.2) is 0 Å². The molecule has 2 saturated heterocycles. The maximum absolute atomic E-state index is 11.8. The number of amides is 3. The molecule has 0 bridgehead atoms. The Morgan fingerprint density at radius 3 is 2.65 bits per heavy atom. The minimum Gasteiger partial charge on any atom is -0.340 e. The summed E-state index contributed by atoms with van der Waals surface area (Å²) in [6.07, 6.45) is 0.705.